The Bertz CT molecular complexity index is 276. The summed E-state index contributed by atoms with van der Waals surface area (Å²) in [6, 6.07) is 5.13. The van der Waals surface area contributed by atoms with Crippen molar-refractivity contribution in [3.8, 4) is 0 Å². The number of methoxy groups -OCH3 is 1. The van der Waals surface area contributed by atoms with E-state index < -0.39 is 0 Å². The zero-order valence-corrected chi connectivity index (χ0v) is 7.72. The second-order valence-corrected chi connectivity index (χ2v) is 2.90. The highest BCUT2D eigenvalue weighted by molar-refractivity contribution is 5.24. The van der Waals surface area contributed by atoms with Gasteiger partial charge in [0.15, 0.2) is 0 Å². The van der Waals surface area contributed by atoms with Gasteiger partial charge in [0.1, 0.15) is 5.82 Å². The van der Waals surface area contributed by atoms with Crippen molar-refractivity contribution < 1.29 is 9.13 Å². The smallest absolute Gasteiger partial charge is 0.128 e. The quantitative estimate of drug-likeness (QED) is 0.767. The van der Waals surface area contributed by atoms with E-state index in [0.717, 1.165) is 5.56 Å². The fourth-order valence-electron chi connectivity index (χ4n) is 1.19. The van der Waals surface area contributed by atoms with Crippen molar-refractivity contribution in [2.45, 2.75) is 13.0 Å². The highest BCUT2D eigenvalue weighted by Crippen LogP contribution is 2.11. The molecular weight excluding hydrogens is 169 g/mol. The van der Waals surface area contributed by atoms with E-state index in [9.17, 15) is 4.39 Å². The third-order valence-electron chi connectivity index (χ3n) is 1.85. The summed E-state index contributed by atoms with van der Waals surface area (Å²) in [7, 11) is 1.55. The van der Waals surface area contributed by atoms with E-state index >= 15 is 0 Å². The lowest BCUT2D eigenvalue weighted by Crippen LogP contribution is -2.03. The predicted molar refractivity (Wildman–Crippen MR) is 49.9 cm³/mol. The minimum absolute atomic E-state index is 0.215. The molecule has 72 valence electrons. The number of rotatable bonds is 4. The standard InChI is InChI=1S/C10H14FNO/c1-13-7-9-3-2-8(4-5-12)6-10(9)11/h2-3,6H,4-5,7,12H2,1H3. The molecule has 0 atom stereocenters. The highest BCUT2D eigenvalue weighted by atomic mass is 19.1. The van der Waals surface area contributed by atoms with Crippen LogP contribution in [-0.2, 0) is 17.8 Å². The summed E-state index contributed by atoms with van der Waals surface area (Å²) < 4.78 is 18.1. The van der Waals surface area contributed by atoms with Crippen molar-refractivity contribution in [2.24, 2.45) is 5.73 Å². The molecule has 3 heteroatoms. The third kappa shape index (κ3) is 2.79. The van der Waals surface area contributed by atoms with Crippen LogP contribution in [0.15, 0.2) is 18.2 Å². The highest BCUT2D eigenvalue weighted by Gasteiger charge is 2.02. The molecule has 1 rings (SSSR count). The average molecular weight is 183 g/mol. The second-order valence-electron chi connectivity index (χ2n) is 2.90. The minimum Gasteiger partial charge on any atom is -0.380 e. The van der Waals surface area contributed by atoms with Gasteiger partial charge in [-0.25, -0.2) is 4.39 Å². The number of ether oxygens (including phenoxy) is 1. The molecule has 1 aromatic carbocycles. The molecule has 0 aromatic heterocycles. The van der Waals surface area contributed by atoms with Gasteiger partial charge in [0.25, 0.3) is 0 Å². The molecule has 0 amide bonds. The van der Waals surface area contributed by atoms with Crippen molar-refractivity contribution in [3.05, 3.63) is 35.1 Å². The summed E-state index contributed by atoms with van der Waals surface area (Å²) >= 11 is 0. The molecule has 0 spiro atoms. The van der Waals surface area contributed by atoms with Crippen LogP contribution in [0, 0.1) is 5.82 Å². The van der Waals surface area contributed by atoms with Crippen LogP contribution in [0.4, 0.5) is 4.39 Å². The lowest BCUT2D eigenvalue weighted by atomic mass is 10.1. The fourth-order valence-corrected chi connectivity index (χ4v) is 1.19. The summed E-state index contributed by atoms with van der Waals surface area (Å²) in [6.45, 7) is 0.859. The molecule has 1 aromatic rings. The molecule has 0 radical (unpaired) electrons. The maximum atomic E-state index is 13.2. The zero-order valence-electron chi connectivity index (χ0n) is 7.72. The van der Waals surface area contributed by atoms with Crippen LogP contribution >= 0.6 is 0 Å². The molecule has 2 N–H and O–H groups in total. The van der Waals surface area contributed by atoms with Crippen LogP contribution in [-0.4, -0.2) is 13.7 Å². The maximum Gasteiger partial charge on any atom is 0.128 e. The van der Waals surface area contributed by atoms with Gasteiger partial charge in [0, 0.05) is 12.7 Å². The molecule has 0 aliphatic rings. The van der Waals surface area contributed by atoms with Gasteiger partial charge in [0.05, 0.1) is 6.61 Å². The SMILES string of the molecule is COCc1ccc(CCN)cc1F. The number of halogens is 1. The molecule has 0 heterocycles. The molecular formula is C10H14FNO. The lowest BCUT2D eigenvalue weighted by Gasteiger charge is -2.04. The molecule has 0 saturated carbocycles. The first-order chi connectivity index (χ1) is 6.27. The Hall–Kier alpha value is -0.930. The molecule has 2 nitrogen and oxygen atoms in total. The van der Waals surface area contributed by atoms with Crippen LogP contribution < -0.4 is 5.73 Å². The average Bonchev–Trinajstić information content (AvgIpc) is 2.10. The van der Waals surface area contributed by atoms with Crippen LogP contribution in [0.2, 0.25) is 0 Å². The summed E-state index contributed by atoms with van der Waals surface area (Å²) in [5, 5.41) is 0. The van der Waals surface area contributed by atoms with E-state index in [4.69, 9.17) is 10.5 Å². The lowest BCUT2D eigenvalue weighted by molar-refractivity contribution is 0.181. The Morgan fingerprint density at radius 2 is 2.23 bits per heavy atom. The molecule has 0 bridgehead atoms. The number of hydrogen-bond donors (Lipinski definition) is 1. The third-order valence-corrected chi connectivity index (χ3v) is 1.85. The molecule has 0 aliphatic carbocycles. The van der Waals surface area contributed by atoms with Gasteiger partial charge in [-0.05, 0) is 24.6 Å². The van der Waals surface area contributed by atoms with Crippen molar-refractivity contribution in [2.75, 3.05) is 13.7 Å². The predicted octanol–water partition coefficient (Wildman–Crippen LogP) is 1.47. The van der Waals surface area contributed by atoms with E-state index in [2.05, 4.69) is 0 Å². The van der Waals surface area contributed by atoms with Gasteiger partial charge in [-0.1, -0.05) is 12.1 Å². The molecule has 13 heavy (non-hydrogen) atoms. The van der Waals surface area contributed by atoms with E-state index in [1.165, 1.54) is 6.07 Å². The summed E-state index contributed by atoms with van der Waals surface area (Å²) in [5.74, 6) is -0.215. The number of benzene rings is 1. The Morgan fingerprint density at radius 1 is 1.46 bits per heavy atom. The van der Waals surface area contributed by atoms with Crippen molar-refractivity contribution in [1.82, 2.24) is 0 Å². The molecule has 0 aliphatic heterocycles. The van der Waals surface area contributed by atoms with E-state index in [0.29, 0.717) is 25.1 Å². The Morgan fingerprint density at radius 3 is 2.77 bits per heavy atom. The summed E-state index contributed by atoms with van der Waals surface area (Å²) in [5.41, 5.74) is 6.88. The van der Waals surface area contributed by atoms with E-state index in [-0.39, 0.29) is 5.82 Å². The molecule has 0 fully saturated rings. The van der Waals surface area contributed by atoms with Gasteiger partial charge in [0.2, 0.25) is 0 Å². The number of hydrogen-bond acceptors (Lipinski definition) is 2. The summed E-state index contributed by atoms with van der Waals surface area (Å²) in [4.78, 5) is 0. The minimum atomic E-state index is -0.215. The van der Waals surface area contributed by atoms with Gasteiger partial charge in [-0.15, -0.1) is 0 Å². The van der Waals surface area contributed by atoms with Gasteiger partial charge >= 0.3 is 0 Å². The maximum absolute atomic E-state index is 13.2. The Labute approximate surface area is 77.5 Å². The van der Waals surface area contributed by atoms with Gasteiger partial charge in [-0.3, -0.25) is 0 Å². The Balaban J connectivity index is 2.79. The van der Waals surface area contributed by atoms with Crippen molar-refractivity contribution >= 4 is 0 Å². The first-order valence-electron chi connectivity index (χ1n) is 4.24. The topological polar surface area (TPSA) is 35.2 Å². The van der Waals surface area contributed by atoms with Crippen molar-refractivity contribution in [3.63, 3.8) is 0 Å². The Kier molecular flexibility index (Phi) is 3.86. The second kappa shape index (κ2) is 4.94. The summed E-state index contributed by atoms with van der Waals surface area (Å²) in [6.07, 6.45) is 0.712. The first kappa shape index (κ1) is 10.2. The zero-order chi connectivity index (χ0) is 9.68. The van der Waals surface area contributed by atoms with Gasteiger partial charge < -0.3 is 10.5 Å². The monoisotopic (exact) mass is 183 g/mol. The fraction of sp³-hybridized carbons (Fsp3) is 0.400. The number of nitrogens with two attached hydrogens (primary N) is 1. The van der Waals surface area contributed by atoms with Gasteiger partial charge in [-0.2, -0.15) is 0 Å². The van der Waals surface area contributed by atoms with Crippen molar-refractivity contribution in [1.29, 1.82) is 0 Å². The first-order valence-corrected chi connectivity index (χ1v) is 4.24. The molecule has 0 unspecified atom stereocenters. The molecule has 0 saturated heterocycles. The van der Waals surface area contributed by atoms with Crippen LogP contribution in [0.3, 0.4) is 0 Å². The van der Waals surface area contributed by atoms with Crippen LogP contribution in [0.25, 0.3) is 0 Å². The van der Waals surface area contributed by atoms with Crippen LogP contribution in [0.1, 0.15) is 11.1 Å². The van der Waals surface area contributed by atoms with Crippen LogP contribution in [0.5, 0.6) is 0 Å². The van der Waals surface area contributed by atoms with E-state index in [1.54, 1.807) is 13.2 Å². The van der Waals surface area contributed by atoms with E-state index in [1.807, 2.05) is 6.07 Å². The largest absolute Gasteiger partial charge is 0.380 e. The normalized spacial score (nSPS) is 10.4.